The fourth-order valence-electron chi connectivity index (χ4n) is 1.48. The maximum absolute atomic E-state index is 3.52. The van der Waals surface area contributed by atoms with E-state index in [0.717, 1.165) is 5.92 Å². The molecule has 1 atom stereocenters. The highest BCUT2D eigenvalue weighted by molar-refractivity contribution is 4.63. The molecule has 0 fully saturated rings. The van der Waals surface area contributed by atoms with E-state index in [1.54, 1.807) is 0 Å². The first-order chi connectivity index (χ1) is 5.52. The van der Waals surface area contributed by atoms with Crippen LogP contribution in [-0.2, 0) is 0 Å². The third-order valence-corrected chi connectivity index (χ3v) is 2.04. The van der Waals surface area contributed by atoms with Gasteiger partial charge in [0.2, 0.25) is 0 Å². The van der Waals surface area contributed by atoms with Gasteiger partial charge in [-0.2, -0.15) is 0 Å². The average molecular weight is 171 g/mol. The van der Waals surface area contributed by atoms with Gasteiger partial charge in [0.25, 0.3) is 0 Å². The van der Waals surface area contributed by atoms with Crippen molar-refractivity contribution in [2.45, 2.75) is 66.0 Å². The van der Waals surface area contributed by atoms with E-state index >= 15 is 0 Å². The summed E-state index contributed by atoms with van der Waals surface area (Å²) in [4.78, 5) is 0. The molecular formula is C11H25N. The van der Waals surface area contributed by atoms with Gasteiger partial charge in [-0.3, -0.25) is 0 Å². The lowest BCUT2D eigenvalue weighted by molar-refractivity contribution is 0.430. The molecule has 0 bridgehead atoms. The van der Waals surface area contributed by atoms with Crippen molar-refractivity contribution in [1.29, 1.82) is 0 Å². The standard InChI is InChI=1S/C11H25N/c1-9(2)7-6-8-11(5)12-10(3)4/h9-12H,6-8H2,1-5H3/t11-/m0/s1. The predicted molar refractivity (Wildman–Crippen MR) is 56.4 cm³/mol. The first-order valence-corrected chi connectivity index (χ1v) is 5.28. The van der Waals surface area contributed by atoms with E-state index in [1.165, 1.54) is 19.3 Å². The van der Waals surface area contributed by atoms with Gasteiger partial charge in [0, 0.05) is 12.1 Å². The molecule has 12 heavy (non-hydrogen) atoms. The fraction of sp³-hybridized carbons (Fsp3) is 1.00. The molecule has 1 heteroatoms. The van der Waals surface area contributed by atoms with Gasteiger partial charge in [0.1, 0.15) is 0 Å². The normalized spacial score (nSPS) is 14.2. The van der Waals surface area contributed by atoms with Gasteiger partial charge in [-0.1, -0.05) is 40.5 Å². The van der Waals surface area contributed by atoms with Crippen LogP contribution in [0.5, 0.6) is 0 Å². The Morgan fingerprint density at radius 2 is 1.50 bits per heavy atom. The zero-order valence-corrected chi connectivity index (χ0v) is 9.35. The van der Waals surface area contributed by atoms with Gasteiger partial charge in [0.15, 0.2) is 0 Å². The molecule has 0 saturated heterocycles. The molecule has 0 spiro atoms. The Morgan fingerprint density at radius 1 is 0.917 bits per heavy atom. The Bertz CT molecular complexity index is 97.2. The summed E-state index contributed by atoms with van der Waals surface area (Å²) in [5, 5.41) is 3.52. The average Bonchev–Trinajstić information content (AvgIpc) is 1.84. The second-order valence-electron chi connectivity index (χ2n) is 4.55. The third kappa shape index (κ3) is 8.06. The zero-order valence-electron chi connectivity index (χ0n) is 9.35. The van der Waals surface area contributed by atoms with Gasteiger partial charge < -0.3 is 5.32 Å². The molecule has 0 radical (unpaired) electrons. The van der Waals surface area contributed by atoms with Crippen molar-refractivity contribution in [2.75, 3.05) is 0 Å². The molecule has 0 aliphatic carbocycles. The Labute approximate surface area is 77.9 Å². The predicted octanol–water partition coefficient (Wildman–Crippen LogP) is 3.20. The largest absolute Gasteiger partial charge is 0.312 e. The van der Waals surface area contributed by atoms with E-state index in [4.69, 9.17) is 0 Å². The van der Waals surface area contributed by atoms with Crippen LogP contribution in [0.4, 0.5) is 0 Å². The molecule has 0 aromatic heterocycles. The SMILES string of the molecule is CC(C)CCC[C@H](C)NC(C)C. The zero-order chi connectivity index (χ0) is 9.56. The van der Waals surface area contributed by atoms with Crippen LogP contribution in [0.2, 0.25) is 0 Å². The summed E-state index contributed by atoms with van der Waals surface area (Å²) in [5.41, 5.74) is 0. The number of nitrogens with one attached hydrogen (secondary N) is 1. The highest BCUT2D eigenvalue weighted by Crippen LogP contribution is 2.08. The minimum atomic E-state index is 0.624. The lowest BCUT2D eigenvalue weighted by Gasteiger charge is -2.16. The Balaban J connectivity index is 3.25. The van der Waals surface area contributed by atoms with E-state index in [-0.39, 0.29) is 0 Å². The van der Waals surface area contributed by atoms with Crippen molar-refractivity contribution in [3.8, 4) is 0 Å². The van der Waals surface area contributed by atoms with Crippen LogP contribution in [0.25, 0.3) is 0 Å². The molecule has 0 unspecified atom stereocenters. The fourth-order valence-corrected chi connectivity index (χ4v) is 1.48. The molecule has 1 nitrogen and oxygen atoms in total. The lowest BCUT2D eigenvalue weighted by atomic mass is 10.0. The van der Waals surface area contributed by atoms with Gasteiger partial charge in [-0.25, -0.2) is 0 Å². The molecule has 0 aromatic rings. The van der Waals surface area contributed by atoms with Crippen molar-refractivity contribution >= 4 is 0 Å². The monoisotopic (exact) mass is 171 g/mol. The van der Waals surface area contributed by atoms with Crippen LogP contribution in [-0.4, -0.2) is 12.1 Å². The molecular weight excluding hydrogens is 146 g/mol. The topological polar surface area (TPSA) is 12.0 Å². The summed E-state index contributed by atoms with van der Waals surface area (Å²) in [7, 11) is 0. The van der Waals surface area contributed by atoms with Crippen molar-refractivity contribution in [2.24, 2.45) is 5.92 Å². The lowest BCUT2D eigenvalue weighted by Crippen LogP contribution is -2.32. The smallest absolute Gasteiger partial charge is 0.00410 e. The second kappa shape index (κ2) is 6.47. The molecule has 1 N–H and O–H groups in total. The van der Waals surface area contributed by atoms with Crippen LogP contribution in [0.3, 0.4) is 0 Å². The minimum absolute atomic E-state index is 0.624. The molecule has 0 aromatic carbocycles. The summed E-state index contributed by atoms with van der Waals surface area (Å²) < 4.78 is 0. The number of hydrogen-bond acceptors (Lipinski definition) is 1. The Kier molecular flexibility index (Phi) is 6.45. The van der Waals surface area contributed by atoms with Crippen LogP contribution in [0, 0.1) is 5.92 Å². The van der Waals surface area contributed by atoms with Crippen LogP contribution in [0.1, 0.15) is 53.9 Å². The molecule has 0 aliphatic rings. The van der Waals surface area contributed by atoms with E-state index < -0.39 is 0 Å². The van der Waals surface area contributed by atoms with Gasteiger partial charge >= 0.3 is 0 Å². The van der Waals surface area contributed by atoms with E-state index in [2.05, 4.69) is 39.9 Å². The Hall–Kier alpha value is -0.0400. The first-order valence-electron chi connectivity index (χ1n) is 5.28. The van der Waals surface area contributed by atoms with E-state index in [0.29, 0.717) is 12.1 Å². The van der Waals surface area contributed by atoms with Crippen molar-refractivity contribution in [1.82, 2.24) is 5.32 Å². The maximum Gasteiger partial charge on any atom is 0.00410 e. The molecule has 0 heterocycles. The quantitative estimate of drug-likeness (QED) is 0.647. The van der Waals surface area contributed by atoms with E-state index in [9.17, 15) is 0 Å². The highest BCUT2D eigenvalue weighted by Gasteiger charge is 2.03. The summed E-state index contributed by atoms with van der Waals surface area (Å²) in [6.07, 6.45) is 4.04. The molecule has 0 aliphatic heterocycles. The van der Waals surface area contributed by atoms with Crippen LogP contribution >= 0.6 is 0 Å². The molecule has 74 valence electrons. The molecule has 0 saturated carbocycles. The van der Waals surface area contributed by atoms with Crippen molar-refractivity contribution in [3.05, 3.63) is 0 Å². The number of hydrogen-bond donors (Lipinski definition) is 1. The third-order valence-electron chi connectivity index (χ3n) is 2.04. The van der Waals surface area contributed by atoms with Crippen molar-refractivity contribution in [3.63, 3.8) is 0 Å². The second-order valence-corrected chi connectivity index (χ2v) is 4.55. The van der Waals surface area contributed by atoms with Gasteiger partial charge in [0.05, 0.1) is 0 Å². The Morgan fingerprint density at radius 3 is 1.92 bits per heavy atom. The highest BCUT2D eigenvalue weighted by atomic mass is 14.9. The summed E-state index contributed by atoms with van der Waals surface area (Å²) in [5.74, 6) is 0.858. The van der Waals surface area contributed by atoms with Gasteiger partial charge in [-0.05, 0) is 19.3 Å². The van der Waals surface area contributed by atoms with Crippen LogP contribution < -0.4 is 5.32 Å². The summed E-state index contributed by atoms with van der Waals surface area (Å²) in [6, 6.07) is 1.31. The number of rotatable bonds is 6. The van der Waals surface area contributed by atoms with Gasteiger partial charge in [-0.15, -0.1) is 0 Å². The minimum Gasteiger partial charge on any atom is -0.312 e. The summed E-state index contributed by atoms with van der Waals surface area (Å²) in [6.45, 7) is 11.3. The summed E-state index contributed by atoms with van der Waals surface area (Å²) >= 11 is 0. The molecule has 0 amide bonds. The van der Waals surface area contributed by atoms with Crippen LogP contribution in [0.15, 0.2) is 0 Å². The van der Waals surface area contributed by atoms with E-state index in [1.807, 2.05) is 0 Å². The maximum atomic E-state index is 3.52. The van der Waals surface area contributed by atoms with Crippen molar-refractivity contribution < 1.29 is 0 Å². The molecule has 0 rings (SSSR count). The first kappa shape index (κ1) is 12.0.